The Morgan fingerprint density at radius 1 is 1.17 bits per heavy atom. The minimum Gasteiger partial charge on any atom is -0.465 e. The van der Waals surface area contributed by atoms with Gasteiger partial charge in [-0.25, -0.2) is 0 Å². The summed E-state index contributed by atoms with van der Waals surface area (Å²) in [4.78, 5) is 13.6. The molecule has 106 valence electrons. The van der Waals surface area contributed by atoms with E-state index in [2.05, 4.69) is 18.7 Å². The number of carbonyl (C=O) groups excluding carboxylic acids is 1. The summed E-state index contributed by atoms with van der Waals surface area (Å²) in [5, 5.41) is 0. The Labute approximate surface area is 112 Å². The van der Waals surface area contributed by atoms with Crippen LogP contribution < -0.4 is 0 Å². The number of hydrogen-bond acceptors (Lipinski definition) is 3. The number of carbonyl (C=O) groups is 1. The zero-order valence-corrected chi connectivity index (χ0v) is 12.1. The van der Waals surface area contributed by atoms with Crippen LogP contribution in [0.15, 0.2) is 0 Å². The van der Waals surface area contributed by atoms with E-state index in [1.807, 2.05) is 0 Å². The van der Waals surface area contributed by atoms with Crippen molar-refractivity contribution in [3.8, 4) is 0 Å². The van der Waals surface area contributed by atoms with Crippen molar-refractivity contribution in [2.45, 2.75) is 58.8 Å². The number of nitrogens with zero attached hydrogens (tertiary/aromatic N) is 1. The van der Waals surface area contributed by atoms with Gasteiger partial charge in [0.05, 0.1) is 13.2 Å². The number of hydrogen-bond donors (Lipinski definition) is 0. The molecule has 0 saturated heterocycles. The Hall–Kier alpha value is -0.570. The van der Waals surface area contributed by atoms with E-state index in [4.69, 9.17) is 4.74 Å². The lowest BCUT2D eigenvalue weighted by molar-refractivity contribution is -0.145. The Bertz CT molecular complexity index is 221. The molecule has 0 aromatic rings. The van der Waals surface area contributed by atoms with Gasteiger partial charge in [0.2, 0.25) is 0 Å². The minimum atomic E-state index is -0.0673. The Morgan fingerprint density at radius 2 is 1.83 bits per heavy atom. The molecule has 1 aliphatic rings. The Morgan fingerprint density at radius 3 is 2.44 bits per heavy atom. The molecule has 3 nitrogen and oxygen atoms in total. The van der Waals surface area contributed by atoms with Crippen LogP contribution in [0.2, 0.25) is 0 Å². The second-order valence-corrected chi connectivity index (χ2v) is 5.33. The maximum Gasteiger partial charge on any atom is 0.320 e. The zero-order chi connectivity index (χ0) is 13.2. The summed E-state index contributed by atoms with van der Waals surface area (Å²) in [6, 6.07) is 0. The van der Waals surface area contributed by atoms with Crippen LogP contribution in [-0.2, 0) is 9.53 Å². The molecule has 0 amide bonds. The van der Waals surface area contributed by atoms with Gasteiger partial charge in [-0.3, -0.25) is 9.69 Å². The van der Waals surface area contributed by atoms with Gasteiger partial charge in [0.1, 0.15) is 0 Å². The second-order valence-electron chi connectivity index (χ2n) is 5.33. The van der Waals surface area contributed by atoms with E-state index in [1.54, 1.807) is 0 Å². The predicted octanol–water partition coefficient (Wildman–Crippen LogP) is 3.23. The molecule has 0 aliphatic heterocycles. The molecular formula is C15H29NO2. The third kappa shape index (κ3) is 6.39. The lowest BCUT2D eigenvalue weighted by atomic mass is 9.86. The van der Waals surface area contributed by atoms with Crippen molar-refractivity contribution in [2.75, 3.05) is 26.2 Å². The minimum absolute atomic E-state index is 0.0673. The SMILES string of the molecule is CCN(CC)CC(=O)OCCCC1CCCCC1. The van der Waals surface area contributed by atoms with Crippen LogP contribution in [0, 0.1) is 5.92 Å². The molecule has 18 heavy (non-hydrogen) atoms. The lowest BCUT2D eigenvalue weighted by Gasteiger charge is -2.21. The van der Waals surface area contributed by atoms with Crippen molar-refractivity contribution in [1.29, 1.82) is 0 Å². The van der Waals surface area contributed by atoms with Gasteiger partial charge in [-0.05, 0) is 31.8 Å². The highest BCUT2D eigenvalue weighted by Crippen LogP contribution is 2.27. The number of ether oxygens (including phenoxy) is 1. The quantitative estimate of drug-likeness (QED) is 0.492. The van der Waals surface area contributed by atoms with Crippen LogP contribution in [0.25, 0.3) is 0 Å². The van der Waals surface area contributed by atoms with Crippen molar-refractivity contribution < 1.29 is 9.53 Å². The molecule has 0 atom stereocenters. The molecule has 3 heteroatoms. The topological polar surface area (TPSA) is 29.5 Å². The van der Waals surface area contributed by atoms with E-state index in [9.17, 15) is 4.79 Å². The van der Waals surface area contributed by atoms with E-state index < -0.39 is 0 Å². The Kier molecular flexibility index (Phi) is 8.06. The lowest BCUT2D eigenvalue weighted by Crippen LogP contribution is -2.30. The highest BCUT2D eigenvalue weighted by atomic mass is 16.5. The molecular weight excluding hydrogens is 226 g/mol. The molecule has 0 bridgehead atoms. The number of rotatable bonds is 8. The van der Waals surface area contributed by atoms with Crippen molar-refractivity contribution in [2.24, 2.45) is 5.92 Å². The first-order valence-electron chi connectivity index (χ1n) is 7.64. The first-order chi connectivity index (χ1) is 8.76. The van der Waals surface area contributed by atoms with Crippen LogP contribution in [0.5, 0.6) is 0 Å². The van der Waals surface area contributed by atoms with Crippen LogP contribution in [-0.4, -0.2) is 37.1 Å². The van der Waals surface area contributed by atoms with Gasteiger partial charge < -0.3 is 4.74 Å². The normalized spacial score (nSPS) is 17.1. The van der Waals surface area contributed by atoms with E-state index in [-0.39, 0.29) is 5.97 Å². The molecule has 0 aromatic heterocycles. The van der Waals surface area contributed by atoms with Crippen LogP contribution in [0.4, 0.5) is 0 Å². The molecule has 0 spiro atoms. The third-order valence-corrected chi connectivity index (χ3v) is 3.99. The zero-order valence-electron chi connectivity index (χ0n) is 12.1. The fourth-order valence-corrected chi connectivity index (χ4v) is 2.71. The molecule has 1 aliphatic carbocycles. The molecule has 0 heterocycles. The fraction of sp³-hybridized carbons (Fsp3) is 0.933. The highest BCUT2D eigenvalue weighted by molar-refractivity contribution is 5.71. The molecule has 0 unspecified atom stereocenters. The van der Waals surface area contributed by atoms with Gasteiger partial charge in [0.25, 0.3) is 0 Å². The molecule has 0 aromatic carbocycles. The maximum absolute atomic E-state index is 11.6. The van der Waals surface area contributed by atoms with Crippen molar-refractivity contribution in [3.05, 3.63) is 0 Å². The van der Waals surface area contributed by atoms with Gasteiger partial charge in [-0.2, -0.15) is 0 Å². The summed E-state index contributed by atoms with van der Waals surface area (Å²) in [6.07, 6.45) is 9.24. The molecule has 0 N–H and O–H groups in total. The smallest absolute Gasteiger partial charge is 0.320 e. The molecule has 1 saturated carbocycles. The summed E-state index contributed by atoms with van der Waals surface area (Å²) in [5.74, 6) is 0.822. The van der Waals surface area contributed by atoms with Crippen molar-refractivity contribution >= 4 is 5.97 Å². The van der Waals surface area contributed by atoms with Crippen molar-refractivity contribution in [3.63, 3.8) is 0 Å². The molecule has 1 fully saturated rings. The van der Waals surface area contributed by atoms with E-state index in [1.165, 1.54) is 38.5 Å². The standard InChI is InChI=1S/C15H29NO2/c1-3-16(4-2)13-15(17)18-12-8-11-14-9-6-5-7-10-14/h14H,3-13H2,1-2H3. The second kappa shape index (κ2) is 9.37. The van der Waals surface area contributed by atoms with E-state index >= 15 is 0 Å². The highest BCUT2D eigenvalue weighted by Gasteiger charge is 2.13. The summed E-state index contributed by atoms with van der Waals surface area (Å²) < 4.78 is 5.29. The third-order valence-electron chi connectivity index (χ3n) is 3.99. The average molecular weight is 255 g/mol. The van der Waals surface area contributed by atoms with Gasteiger partial charge in [-0.1, -0.05) is 46.0 Å². The van der Waals surface area contributed by atoms with Crippen LogP contribution in [0.3, 0.4) is 0 Å². The van der Waals surface area contributed by atoms with Crippen LogP contribution >= 0.6 is 0 Å². The van der Waals surface area contributed by atoms with Gasteiger partial charge in [0.15, 0.2) is 0 Å². The first-order valence-corrected chi connectivity index (χ1v) is 7.64. The Balaban J connectivity index is 2.01. The maximum atomic E-state index is 11.6. The van der Waals surface area contributed by atoms with Crippen molar-refractivity contribution in [1.82, 2.24) is 4.90 Å². The van der Waals surface area contributed by atoms with Gasteiger partial charge in [-0.15, -0.1) is 0 Å². The van der Waals surface area contributed by atoms with Crippen LogP contribution in [0.1, 0.15) is 58.8 Å². The summed E-state index contributed by atoms with van der Waals surface area (Å²) in [7, 11) is 0. The monoisotopic (exact) mass is 255 g/mol. The predicted molar refractivity (Wildman–Crippen MR) is 74.6 cm³/mol. The molecule has 1 rings (SSSR count). The summed E-state index contributed by atoms with van der Waals surface area (Å²) in [5.41, 5.74) is 0. The molecule has 0 radical (unpaired) electrons. The summed E-state index contributed by atoms with van der Waals surface area (Å²) in [6.45, 7) is 7.01. The summed E-state index contributed by atoms with van der Waals surface area (Å²) >= 11 is 0. The van der Waals surface area contributed by atoms with Gasteiger partial charge >= 0.3 is 5.97 Å². The fourth-order valence-electron chi connectivity index (χ4n) is 2.71. The number of esters is 1. The van der Waals surface area contributed by atoms with E-state index in [0.717, 1.165) is 25.4 Å². The first kappa shape index (κ1) is 15.5. The largest absolute Gasteiger partial charge is 0.465 e. The van der Waals surface area contributed by atoms with E-state index in [0.29, 0.717) is 13.2 Å². The van der Waals surface area contributed by atoms with Gasteiger partial charge in [0, 0.05) is 0 Å². The number of likely N-dealkylation sites (N-methyl/N-ethyl adjacent to an activating group) is 1. The average Bonchev–Trinajstić information content (AvgIpc) is 2.42.